The number of aliphatic hydroxyl groups excluding tert-OH is 1. The second-order valence-corrected chi connectivity index (χ2v) is 16.4. The fraction of sp³-hybridized carbons (Fsp3) is 0.931. The maximum absolute atomic E-state index is 13.2. The molecule has 4 saturated heterocycles. The van der Waals surface area contributed by atoms with Crippen molar-refractivity contribution in [2.45, 2.75) is 123 Å². The Kier molecular flexibility index (Phi) is 27.8. The van der Waals surface area contributed by atoms with Crippen molar-refractivity contribution in [1.82, 2.24) is 0 Å². The molecule has 9 N–H and O–H groups in total. The Morgan fingerprint density at radius 1 is 0.486 bits per heavy atom. The van der Waals surface area contributed by atoms with E-state index in [-0.39, 0.29) is 37.0 Å². The molecule has 20 atom stereocenters. The van der Waals surface area contributed by atoms with Crippen molar-refractivity contribution in [2.75, 3.05) is 48.8 Å². The van der Waals surface area contributed by atoms with Crippen LogP contribution in [0.5, 0.6) is 0 Å². The molecular weight excluding hydrogens is 1100 g/mol. The highest BCUT2D eigenvalue weighted by atomic mass is 32.3. The molecule has 8 unspecified atom stereocenters. The summed E-state index contributed by atoms with van der Waals surface area (Å²) in [4.78, 5) is 35.0. The number of aliphatic carboxylic acids is 2. The summed E-state index contributed by atoms with van der Waals surface area (Å²) >= 11 is -0.277. The minimum absolute atomic E-state index is 0.00667. The summed E-state index contributed by atoms with van der Waals surface area (Å²) in [5.41, 5.74) is 0. The van der Waals surface area contributed by atoms with Crippen molar-refractivity contribution >= 4 is 59.3 Å². The van der Waals surface area contributed by atoms with Crippen LogP contribution in [0.2, 0.25) is 0 Å². The van der Waals surface area contributed by atoms with Gasteiger partial charge in [0.2, 0.25) is 0 Å². The zero-order valence-electron chi connectivity index (χ0n) is 36.9. The first-order valence-corrected chi connectivity index (χ1v) is 22.7. The Morgan fingerprint density at radius 2 is 0.931 bits per heavy atom. The molecule has 39 nitrogen and oxygen atoms in total. The number of hydrogen-bond acceptors (Lipinski definition) is 39. The molecule has 0 bridgehead atoms. The van der Waals surface area contributed by atoms with Crippen LogP contribution < -0.4 is 0 Å². The first kappa shape index (κ1) is 63.2. The molecule has 4 fully saturated rings. The van der Waals surface area contributed by atoms with Crippen LogP contribution in [0.3, 0.4) is 0 Å². The summed E-state index contributed by atoms with van der Waals surface area (Å²) in [5, 5.41) is 94.5. The molecule has 0 aromatic heterocycles. The topological polar surface area (TPSA) is 490 Å². The number of carboxylic acid groups (broad SMARTS) is 2. The normalized spacial score (nSPS) is 37.7. The number of carbonyl (C=O) groups is 2. The maximum Gasteiger partial charge on any atom is 0.397 e. The molecule has 0 aromatic rings. The van der Waals surface area contributed by atoms with E-state index in [0.29, 0.717) is 0 Å². The second-order valence-electron chi connectivity index (χ2n) is 14.0. The van der Waals surface area contributed by atoms with Gasteiger partial charge in [-0.3, -0.25) is 17.1 Å². The quantitative estimate of drug-likeness (QED) is 0.0107. The van der Waals surface area contributed by atoms with Crippen LogP contribution in [0.1, 0.15) is 0 Å². The van der Waals surface area contributed by atoms with Gasteiger partial charge in [-0.15, -0.1) is 13.0 Å². The Labute approximate surface area is 415 Å². The lowest BCUT2D eigenvalue weighted by molar-refractivity contribution is -0.534. The number of aliphatic hydroxyl groups is 1. The third kappa shape index (κ3) is 16.8. The summed E-state index contributed by atoms with van der Waals surface area (Å²) < 4.78 is 136. The maximum atomic E-state index is 13.2. The van der Waals surface area contributed by atoms with Crippen LogP contribution in [-0.2, 0) is 142 Å². The number of ether oxygens (including phenoxy) is 12. The molecule has 0 amide bonds. The van der Waals surface area contributed by atoms with Crippen LogP contribution in [-0.4, -0.2) is 238 Å². The number of rotatable bonds is 33. The van der Waals surface area contributed by atoms with Crippen LogP contribution in [0.15, 0.2) is 0 Å². The molecule has 4 aliphatic heterocycles. The van der Waals surface area contributed by atoms with Crippen molar-refractivity contribution in [2.24, 2.45) is 0 Å². The summed E-state index contributed by atoms with van der Waals surface area (Å²) in [6.07, 6.45) is -37.3. The molecule has 0 aliphatic carbocycles. The van der Waals surface area contributed by atoms with Gasteiger partial charge in [0.25, 0.3) is 0 Å². The fourth-order valence-corrected chi connectivity index (χ4v) is 8.89. The SMILES string of the molecule is COC1C(OC)[C@H](O[C@H]2O[C@@H](COS(=O)(=O)O)[C@@H](O[C@@H]3OC(C(=O)O)[C@@H](O)[C@H](OC)C3OC)C(OSOOO)C2OOO)[C@H](C(=O)O)O[C@H]1O[C@@H]1C(COOO)O[C@H](OC)C(OSOOO)[C@H]1OSOOO. The van der Waals surface area contributed by atoms with Crippen LogP contribution >= 0.6 is 37.0 Å². The molecule has 4 heterocycles. The van der Waals surface area contributed by atoms with Gasteiger partial charge in [0.1, 0.15) is 79.9 Å². The highest BCUT2D eigenvalue weighted by Crippen LogP contribution is 2.40. The number of methoxy groups -OCH3 is 5. The van der Waals surface area contributed by atoms with Gasteiger partial charge >= 0.3 is 22.3 Å². The molecule has 4 aliphatic rings. The Hall–Kier alpha value is -1.38. The van der Waals surface area contributed by atoms with E-state index in [9.17, 15) is 43.1 Å². The van der Waals surface area contributed by atoms with Crippen LogP contribution in [0.4, 0.5) is 0 Å². The Bertz CT molecular complexity index is 1680. The van der Waals surface area contributed by atoms with Crippen LogP contribution in [0, 0.1) is 0 Å². The van der Waals surface area contributed by atoms with Crippen LogP contribution in [0.25, 0.3) is 0 Å². The zero-order chi connectivity index (χ0) is 53.1. The van der Waals surface area contributed by atoms with Crippen molar-refractivity contribution in [3.63, 3.8) is 0 Å². The van der Waals surface area contributed by atoms with Gasteiger partial charge in [-0.2, -0.15) is 13.3 Å². The average Bonchev–Trinajstić information content (AvgIpc) is 3.34. The number of carboxylic acids is 2. The van der Waals surface area contributed by atoms with Gasteiger partial charge in [-0.25, -0.2) is 44.9 Å². The van der Waals surface area contributed by atoms with E-state index in [1.54, 1.807) is 0 Å². The lowest BCUT2D eigenvalue weighted by atomic mass is 9.95. The van der Waals surface area contributed by atoms with Crippen molar-refractivity contribution < 1.29 is 186 Å². The minimum Gasteiger partial charge on any atom is -0.479 e. The van der Waals surface area contributed by atoms with Gasteiger partial charge in [0.15, 0.2) is 86.5 Å². The molecule has 0 aromatic carbocycles. The van der Waals surface area contributed by atoms with E-state index in [4.69, 9.17) is 95.3 Å². The third-order valence-corrected chi connectivity index (χ3v) is 12.0. The zero-order valence-corrected chi connectivity index (χ0v) is 40.1. The predicted molar refractivity (Wildman–Crippen MR) is 208 cm³/mol. The first-order chi connectivity index (χ1) is 34.5. The molecule has 422 valence electrons. The first-order valence-electron chi connectivity index (χ1n) is 19.3. The lowest BCUT2D eigenvalue weighted by Gasteiger charge is -2.50. The summed E-state index contributed by atoms with van der Waals surface area (Å²) in [5.74, 6) is -3.59. The van der Waals surface area contributed by atoms with Gasteiger partial charge in [-0.1, -0.05) is 25.2 Å². The number of hydrogen-bond donors (Lipinski definition) is 9. The molecule has 72 heavy (non-hydrogen) atoms. The van der Waals surface area contributed by atoms with E-state index < -0.39 is 158 Å². The molecule has 0 spiro atoms. The van der Waals surface area contributed by atoms with E-state index in [2.05, 4.69) is 47.3 Å². The molecule has 0 radical (unpaired) electrons. The summed E-state index contributed by atoms with van der Waals surface area (Å²) in [6.45, 7) is -2.05. The molecule has 4 rings (SSSR count). The lowest BCUT2D eigenvalue weighted by Crippen LogP contribution is -2.69. The highest BCUT2D eigenvalue weighted by molar-refractivity contribution is 7.90. The highest BCUT2D eigenvalue weighted by Gasteiger charge is 2.60. The molecule has 43 heteroatoms. The van der Waals surface area contributed by atoms with E-state index in [1.807, 2.05) is 0 Å². The van der Waals surface area contributed by atoms with Gasteiger partial charge in [-0.05, 0) is 0 Å². The predicted octanol–water partition coefficient (Wildman–Crippen LogP) is -2.58. The minimum atomic E-state index is -5.38. The van der Waals surface area contributed by atoms with Crippen molar-refractivity contribution in [1.29, 1.82) is 0 Å². The van der Waals surface area contributed by atoms with E-state index in [1.165, 1.54) is 0 Å². The van der Waals surface area contributed by atoms with Crippen molar-refractivity contribution in [3.8, 4) is 0 Å². The Morgan fingerprint density at radius 3 is 1.39 bits per heavy atom. The van der Waals surface area contributed by atoms with Crippen molar-refractivity contribution in [3.05, 3.63) is 0 Å². The van der Waals surface area contributed by atoms with E-state index in [0.717, 1.165) is 35.5 Å². The average molecular weight is 1150 g/mol. The van der Waals surface area contributed by atoms with Gasteiger partial charge in [0.05, 0.1) is 6.61 Å². The van der Waals surface area contributed by atoms with Gasteiger partial charge in [0, 0.05) is 35.5 Å². The summed E-state index contributed by atoms with van der Waals surface area (Å²) in [7, 11) is -0.0413. The fourth-order valence-electron chi connectivity index (χ4n) is 7.50. The largest absolute Gasteiger partial charge is 0.479 e. The standard InChI is InChI=1S/C29H48O39S4/c1-43-13-10(30)14(24(31)32)54-27(20(13)45-3)53-12-9(7-49-72(40,41)42)51-29(22(57-62-36)17(12)58-69-66-63-37)55-16-15(44-2)21(46-4)28(56-19(16)25(33)34)52-11-8(6-48-61-35)50-26(47-5)23(60-71-68-65-39)18(11)59-70-67-64-38/h8-23,26-30,35-39H,6-7H2,1-5H3,(H,31,32)(H,33,34)(H,40,41,42)/t8?,9-,10-,11+,12+,13-,14?,15?,16-,17?,18-,19+,20?,21?,22?,23?,26-,27+,28+,29+/m0/s1. The molecular formula is C29H48O39S4. The smallest absolute Gasteiger partial charge is 0.397 e. The monoisotopic (exact) mass is 1150 g/mol. The van der Waals surface area contributed by atoms with E-state index >= 15 is 0 Å². The Balaban J connectivity index is 1.78. The van der Waals surface area contributed by atoms with Gasteiger partial charge < -0.3 is 72.2 Å². The second kappa shape index (κ2) is 31.7. The molecule has 0 saturated carbocycles. The summed E-state index contributed by atoms with van der Waals surface area (Å²) in [6, 6.07) is 0. The third-order valence-electron chi connectivity index (χ3n) is 10.3.